The molecular weight excluding hydrogens is 359 g/mol. The molecule has 0 atom stereocenters. The molecule has 5 nitrogen and oxygen atoms in total. The van der Waals surface area contributed by atoms with Gasteiger partial charge in [-0.15, -0.1) is 24.8 Å². The Hall–Kier alpha value is -1.27. The molecule has 2 N–H and O–H groups in total. The molecule has 1 fully saturated rings. The Labute approximate surface area is 162 Å². The van der Waals surface area contributed by atoms with E-state index in [4.69, 9.17) is 0 Å². The van der Waals surface area contributed by atoms with E-state index in [1.54, 1.807) is 0 Å². The fourth-order valence-electron chi connectivity index (χ4n) is 2.68. The van der Waals surface area contributed by atoms with Gasteiger partial charge in [0.25, 0.3) is 0 Å². The summed E-state index contributed by atoms with van der Waals surface area (Å²) in [6, 6.07) is 8.21. The minimum atomic E-state index is 0. The van der Waals surface area contributed by atoms with E-state index in [2.05, 4.69) is 58.6 Å². The van der Waals surface area contributed by atoms with Crippen molar-refractivity contribution in [1.82, 2.24) is 14.8 Å². The zero-order valence-electron chi connectivity index (χ0n) is 14.8. The van der Waals surface area contributed by atoms with E-state index in [1.165, 1.54) is 18.2 Å². The number of hydrogen-bond acceptors (Lipinski definition) is 3. The second-order valence-electron chi connectivity index (χ2n) is 6.71. The van der Waals surface area contributed by atoms with Crippen molar-refractivity contribution in [3.8, 4) is 0 Å². The Balaban J connectivity index is 0.00000156. The number of aromatic nitrogens is 1. The largest absolute Gasteiger partial charge is 0.346 e. The molecule has 0 unspecified atom stereocenters. The summed E-state index contributed by atoms with van der Waals surface area (Å²) >= 11 is 0. The zero-order valence-corrected chi connectivity index (χ0v) is 16.5. The van der Waals surface area contributed by atoms with Crippen molar-refractivity contribution in [2.75, 3.05) is 39.0 Å². The quantitative estimate of drug-likeness (QED) is 0.732. The van der Waals surface area contributed by atoms with E-state index in [0.717, 1.165) is 36.8 Å². The number of fused-ring (bicyclic) bond motifs is 1. The highest BCUT2D eigenvalue weighted by atomic mass is 35.5. The lowest BCUT2D eigenvalue weighted by Gasteiger charge is -2.12. The van der Waals surface area contributed by atoms with Gasteiger partial charge in [0.1, 0.15) is 0 Å². The van der Waals surface area contributed by atoms with Crippen molar-refractivity contribution >= 4 is 47.3 Å². The normalized spacial score (nSPS) is 13.4. The lowest BCUT2D eigenvalue weighted by molar-refractivity contribution is -0.115. The zero-order chi connectivity index (χ0) is 16.2. The van der Waals surface area contributed by atoms with Gasteiger partial charge in [-0.2, -0.15) is 0 Å². The number of hydrogen-bond donors (Lipinski definition) is 2. The van der Waals surface area contributed by atoms with Crippen LogP contribution in [0.4, 0.5) is 5.69 Å². The van der Waals surface area contributed by atoms with Gasteiger partial charge in [-0.3, -0.25) is 4.79 Å². The topological polar surface area (TPSA) is 49.3 Å². The number of halogens is 2. The molecule has 2 aromatic rings. The van der Waals surface area contributed by atoms with Crippen LogP contribution in [0.25, 0.3) is 10.9 Å². The third kappa shape index (κ3) is 6.51. The van der Waals surface area contributed by atoms with Crippen molar-refractivity contribution in [3.63, 3.8) is 0 Å². The highest BCUT2D eigenvalue weighted by Gasteiger charge is 2.20. The van der Waals surface area contributed by atoms with Gasteiger partial charge in [0.15, 0.2) is 0 Å². The number of benzene rings is 1. The molecule has 1 aromatic heterocycles. The Morgan fingerprint density at radius 1 is 1.24 bits per heavy atom. The first-order chi connectivity index (χ1) is 11.1. The molecule has 7 heteroatoms. The van der Waals surface area contributed by atoms with E-state index in [0.29, 0.717) is 6.54 Å². The molecular formula is C18H28Cl2N4O. The van der Waals surface area contributed by atoms with Crippen LogP contribution in [0.2, 0.25) is 0 Å². The molecule has 25 heavy (non-hydrogen) atoms. The van der Waals surface area contributed by atoms with Crippen LogP contribution in [-0.2, 0) is 11.3 Å². The van der Waals surface area contributed by atoms with Crippen molar-refractivity contribution in [3.05, 3.63) is 30.5 Å². The molecule has 1 aliphatic rings. The van der Waals surface area contributed by atoms with Gasteiger partial charge in [-0.25, -0.2) is 0 Å². The molecule has 1 heterocycles. The van der Waals surface area contributed by atoms with Crippen LogP contribution in [0.15, 0.2) is 30.5 Å². The van der Waals surface area contributed by atoms with Gasteiger partial charge in [0, 0.05) is 25.0 Å². The van der Waals surface area contributed by atoms with E-state index < -0.39 is 0 Å². The molecule has 0 radical (unpaired) electrons. The van der Waals surface area contributed by atoms with Gasteiger partial charge >= 0.3 is 0 Å². The second kappa shape index (κ2) is 10.0. The van der Waals surface area contributed by atoms with E-state index >= 15 is 0 Å². The summed E-state index contributed by atoms with van der Waals surface area (Å²) in [5.74, 6) is 0.815. The number of carbonyl (C=O) groups is 1. The average molecular weight is 387 g/mol. The number of likely N-dealkylation sites (N-methyl/N-ethyl adjacent to an activating group) is 1. The number of nitrogens with one attached hydrogen (secondary N) is 2. The fraction of sp³-hybridized carbons (Fsp3) is 0.500. The van der Waals surface area contributed by atoms with Crippen molar-refractivity contribution in [2.24, 2.45) is 5.92 Å². The Morgan fingerprint density at radius 3 is 2.68 bits per heavy atom. The minimum Gasteiger partial charge on any atom is -0.346 e. The van der Waals surface area contributed by atoms with Crippen LogP contribution >= 0.6 is 24.8 Å². The van der Waals surface area contributed by atoms with Crippen LogP contribution in [0.5, 0.6) is 0 Å². The van der Waals surface area contributed by atoms with Gasteiger partial charge in [0.2, 0.25) is 5.91 Å². The number of nitrogens with zero attached hydrogens (tertiary/aromatic N) is 2. The molecule has 0 aliphatic heterocycles. The predicted octanol–water partition coefficient (Wildman–Crippen LogP) is 2.98. The SMILES string of the molecule is CN(C)CCn1ccc2ccc(NC(=O)CNCC3CC3)cc21.Cl.Cl. The standard InChI is InChI=1S/C18H26N4O.2ClH/c1-21(2)9-10-22-8-7-15-5-6-16(11-17(15)22)20-18(23)13-19-12-14-3-4-14;;/h5-8,11,14,19H,3-4,9-10,12-13H2,1-2H3,(H,20,23);2*1H. The van der Waals surface area contributed by atoms with Crippen LogP contribution in [-0.4, -0.2) is 49.1 Å². The Kier molecular flexibility index (Phi) is 8.73. The third-order valence-corrected chi connectivity index (χ3v) is 4.26. The van der Waals surface area contributed by atoms with Crippen molar-refractivity contribution < 1.29 is 4.79 Å². The fourth-order valence-corrected chi connectivity index (χ4v) is 2.68. The smallest absolute Gasteiger partial charge is 0.238 e. The van der Waals surface area contributed by atoms with Gasteiger partial charge in [-0.1, -0.05) is 6.07 Å². The first-order valence-corrected chi connectivity index (χ1v) is 8.36. The molecule has 1 saturated carbocycles. The maximum absolute atomic E-state index is 12.0. The molecule has 1 amide bonds. The van der Waals surface area contributed by atoms with Gasteiger partial charge < -0.3 is 20.1 Å². The summed E-state index contributed by atoms with van der Waals surface area (Å²) < 4.78 is 2.23. The molecule has 1 aromatic carbocycles. The molecule has 0 spiro atoms. The summed E-state index contributed by atoms with van der Waals surface area (Å²) in [5.41, 5.74) is 2.02. The maximum atomic E-state index is 12.0. The Bertz CT molecular complexity index is 683. The highest BCUT2D eigenvalue weighted by Crippen LogP contribution is 2.27. The number of anilines is 1. The maximum Gasteiger partial charge on any atom is 0.238 e. The number of rotatable bonds is 8. The highest BCUT2D eigenvalue weighted by molar-refractivity contribution is 5.94. The molecule has 140 valence electrons. The second-order valence-corrected chi connectivity index (χ2v) is 6.71. The van der Waals surface area contributed by atoms with Crippen LogP contribution in [0.1, 0.15) is 12.8 Å². The molecule has 3 rings (SSSR count). The van der Waals surface area contributed by atoms with Gasteiger partial charge in [-0.05, 0) is 63.0 Å². The lowest BCUT2D eigenvalue weighted by atomic mass is 10.2. The monoisotopic (exact) mass is 386 g/mol. The van der Waals surface area contributed by atoms with E-state index in [1.807, 2.05) is 6.07 Å². The number of amides is 1. The minimum absolute atomic E-state index is 0. The third-order valence-electron chi connectivity index (χ3n) is 4.26. The number of carbonyl (C=O) groups excluding carboxylic acids is 1. The van der Waals surface area contributed by atoms with Crippen molar-refractivity contribution in [1.29, 1.82) is 0 Å². The Morgan fingerprint density at radius 2 is 2.00 bits per heavy atom. The van der Waals surface area contributed by atoms with E-state index in [-0.39, 0.29) is 30.7 Å². The first kappa shape index (κ1) is 21.8. The summed E-state index contributed by atoms with van der Waals surface area (Å²) in [7, 11) is 4.15. The summed E-state index contributed by atoms with van der Waals surface area (Å²) in [6.45, 7) is 3.28. The summed E-state index contributed by atoms with van der Waals surface area (Å²) in [6.07, 6.45) is 4.71. The molecule has 0 saturated heterocycles. The summed E-state index contributed by atoms with van der Waals surface area (Å²) in [4.78, 5) is 14.2. The van der Waals surface area contributed by atoms with Gasteiger partial charge in [0.05, 0.1) is 12.1 Å². The molecule has 1 aliphatic carbocycles. The van der Waals surface area contributed by atoms with E-state index in [9.17, 15) is 4.79 Å². The predicted molar refractivity (Wildman–Crippen MR) is 109 cm³/mol. The summed E-state index contributed by atoms with van der Waals surface area (Å²) in [5, 5.41) is 7.41. The van der Waals surface area contributed by atoms with Crippen LogP contribution < -0.4 is 10.6 Å². The lowest BCUT2D eigenvalue weighted by Crippen LogP contribution is -2.29. The first-order valence-electron chi connectivity index (χ1n) is 8.36. The van der Waals surface area contributed by atoms with Crippen LogP contribution in [0, 0.1) is 5.92 Å². The molecule has 0 bridgehead atoms. The van der Waals surface area contributed by atoms with Crippen LogP contribution in [0.3, 0.4) is 0 Å². The van der Waals surface area contributed by atoms with Crippen molar-refractivity contribution in [2.45, 2.75) is 19.4 Å². The average Bonchev–Trinajstić information content (AvgIpc) is 3.24.